The fourth-order valence-corrected chi connectivity index (χ4v) is 2.90. The molecule has 0 saturated carbocycles. The molecule has 4 nitrogen and oxygen atoms in total. The van der Waals surface area contributed by atoms with Gasteiger partial charge in [0.25, 0.3) is 0 Å². The molecule has 1 aromatic rings. The SMILES string of the molecule is CC(Cc1ccc(C(F)(F)F)cc1)NC(=O)C1(CN)CCOCC1. The van der Waals surface area contributed by atoms with E-state index >= 15 is 0 Å². The molecule has 134 valence electrons. The molecule has 0 aliphatic carbocycles. The quantitative estimate of drug-likeness (QED) is 0.863. The Kier molecular flexibility index (Phi) is 5.87. The van der Waals surface area contributed by atoms with E-state index in [-0.39, 0.29) is 18.5 Å². The Morgan fingerprint density at radius 1 is 1.29 bits per heavy atom. The second-order valence-corrected chi connectivity index (χ2v) is 6.37. The van der Waals surface area contributed by atoms with Crippen molar-refractivity contribution in [3.8, 4) is 0 Å². The van der Waals surface area contributed by atoms with Crippen LogP contribution in [0.3, 0.4) is 0 Å². The Bertz CT molecular complexity index is 552. The number of ether oxygens (including phenoxy) is 1. The van der Waals surface area contributed by atoms with Gasteiger partial charge >= 0.3 is 6.18 Å². The molecule has 1 aromatic carbocycles. The summed E-state index contributed by atoms with van der Waals surface area (Å²) in [6.07, 6.45) is -2.71. The molecule has 1 aliphatic rings. The minimum absolute atomic E-state index is 0.104. The van der Waals surface area contributed by atoms with Crippen LogP contribution >= 0.6 is 0 Å². The number of rotatable bonds is 5. The molecule has 0 aromatic heterocycles. The van der Waals surface area contributed by atoms with Gasteiger partial charge in [-0.2, -0.15) is 13.2 Å². The second-order valence-electron chi connectivity index (χ2n) is 6.37. The van der Waals surface area contributed by atoms with Crippen molar-refractivity contribution >= 4 is 5.91 Å². The molecule has 0 spiro atoms. The fraction of sp³-hybridized carbons (Fsp3) is 0.588. The van der Waals surface area contributed by atoms with Crippen LogP contribution in [-0.2, 0) is 22.1 Å². The van der Waals surface area contributed by atoms with Gasteiger partial charge in [-0.15, -0.1) is 0 Å². The van der Waals surface area contributed by atoms with E-state index in [1.807, 2.05) is 6.92 Å². The number of nitrogens with one attached hydrogen (secondary N) is 1. The Morgan fingerprint density at radius 3 is 2.38 bits per heavy atom. The lowest BCUT2D eigenvalue weighted by Gasteiger charge is -2.35. The van der Waals surface area contributed by atoms with Gasteiger partial charge in [0, 0.05) is 25.8 Å². The number of nitrogens with two attached hydrogens (primary N) is 1. The van der Waals surface area contributed by atoms with Crippen molar-refractivity contribution in [2.24, 2.45) is 11.1 Å². The summed E-state index contributed by atoms with van der Waals surface area (Å²) in [6.45, 7) is 3.12. The molecule has 24 heavy (non-hydrogen) atoms. The van der Waals surface area contributed by atoms with E-state index in [1.165, 1.54) is 12.1 Å². The van der Waals surface area contributed by atoms with E-state index in [0.29, 0.717) is 32.5 Å². The van der Waals surface area contributed by atoms with Crippen LogP contribution in [-0.4, -0.2) is 31.7 Å². The van der Waals surface area contributed by atoms with Crippen molar-refractivity contribution in [3.63, 3.8) is 0 Å². The van der Waals surface area contributed by atoms with Gasteiger partial charge < -0.3 is 15.8 Å². The third-order valence-corrected chi connectivity index (χ3v) is 4.52. The van der Waals surface area contributed by atoms with Crippen LogP contribution in [0, 0.1) is 5.41 Å². The highest BCUT2D eigenvalue weighted by Crippen LogP contribution is 2.30. The van der Waals surface area contributed by atoms with E-state index in [9.17, 15) is 18.0 Å². The fourth-order valence-electron chi connectivity index (χ4n) is 2.90. The Hall–Kier alpha value is -1.60. The maximum absolute atomic E-state index is 12.6. The molecule has 1 fully saturated rings. The minimum Gasteiger partial charge on any atom is -0.381 e. The monoisotopic (exact) mass is 344 g/mol. The third-order valence-electron chi connectivity index (χ3n) is 4.52. The van der Waals surface area contributed by atoms with Crippen LogP contribution in [0.1, 0.15) is 30.9 Å². The van der Waals surface area contributed by atoms with E-state index < -0.39 is 17.2 Å². The van der Waals surface area contributed by atoms with Gasteiger partial charge in [-0.3, -0.25) is 4.79 Å². The molecule has 1 aliphatic heterocycles. The number of carbonyl (C=O) groups is 1. The van der Waals surface area contributed by atoms with Gasteiger partial charge in [0.15, 0.2) is 0 Å². The number of halogens is 3. The first-order valence-electron chi connectivity index (χ1n) is 8.02. The summed E-state index contributed by atoms with van der Waals surface area (Å²) in [5.41, 5.74) is 5.26. The molecule has 1 saturated heterocycles. The normalized spacial score (nSPS) is 18.9. The topological polar surface area (TPSA) is 64.4 Å². The summed E-state index contributed by atoms with van der Waals surface area (Å²) in [5.74, 6) is -0.104. The molecular weight excluding hydrogens is 321 g/mol. The lowest BCUT2D eigenvalue weighted by atomic mass is 9.79. The minimum atomic E-state index is -4.34. The second kappa shape index (κ2) is 7.53. The molecule has 7 heteroatoms. The van der Waals surface area contributed by atoms with Crippen LogP contribution in [0.5, 0.6) is 0 Å². The van der Waals surface area contributed by atoms with E-state index in [1.54, 1.807) is 0 Å². The highest BCUT2D eigenvalue weighted by Gasteiger charge is 2.39. The van der Waals surface area contributed by atoms with Crippen molar-refractivity contribution in [1.29, 1.82) is 0 Å². The van der Waals surface area contributed by atoms with Gasteiger partial charge in [-0.05, 0) is 43.9 Å². The van der Waals surface area contributed by atoms with Crippen LogP contribution in [0.15, 0.2) is 24.3 Å². The van der Waals surface area contributed by atoms with Crippen molar-refractivity contribution in [2.45, 2.75) is 38.4 Å². The lowest BCUT2D eigenvalue weighted by Crippen LogP contribution is -2.51. The number of hydrogen-bond donors (Lipinski definition) is 2. The van der Waals surface area contributed by atoms with Gasteiger partial charge in [-0.1, -0.05) is 12.1 Å². The summed E-state index contributed by atoms with van der Waals surface area (Å²) < 4.78 is 43.0. The zero-order valence-electron chi connectivity index (χ0n) is 13.7. The molecular formula is C17H23F3N2O2. The van der Waals surface area contributed by atoms with Crippen LogP contribution in [0.25, 0.3) is 0 Å². The van der Waals surface area contributed by atoms with E-state index in [2.05, 4.69) is 5.32 Å². The third kappa shape index (κ3) is 4.48. The van der Waals surface area contributed by atoms with Crippen molar-refractivity contribution in [1.82, 2.24) is 5.32 Å². The Labute approximate surface area is 139 Å². The summed E-state index contributed by atoms with van der Waals surface area (Å²) in [4.78, 5) is 12.5. The first-order chi connectivity index (χ1) is 11.3. The largest absolute Gasteiger partial charge is 0.416 e. The molecule has 1 atom stereocenters. The average Bonchev–Trinajstić information content (AvgIpc) is 2.55. The summed E-state index contributed by atoms with van der Waals surface area (Å²) in [5, 5.41) is 2.94. The van der Waals surface area contributed by atoms with E-state index in [0.717, 1.165) is 17.7 Å². The first kappa shape index (κ1) is 18.7. The number of benzene rings is 1. The number of hydrogen-bond acceptors (Lipinski definition) is 3. The smallest absolute Gasteiger partial charge is 0.381 e. The predicted octanol–water partition coefficient (Wildman–Crippen LogP) is 2.51. The molecule has 0 radical (unpaired) electrons. The highest BCUT2D eigenvalue weighted by atomic mass is 19.4. The Balaban J connectivity index is 1.95. The molecule has 1 amide bonds. The summed E-state index contributed by atoms with van der Waals surface area (Å²) >= 11 is 0. The van der Waals surface area contributed by atoms with Gasteiger partial charge in [0.1, 0.15) is 0 Å². The van der Waals surface area contributed by atoms with Gasteiger partial charge in [0.2, 0.25) is 5.91 Å². The van der Waals surface area contributed by atoms with Crippen molar-refractivity contribution in [2.75, 3.05) is 19.8 Å². The maximum atomic E-state index is 12.6. The van der Waals surface area contributed by atoms with E-state index in [4.69, 9.17) is 10.5 Å². The average molecular weight is 344 g/mol. The Morgan fingerprint density at radius 2 is 1.88 bits per heavy atom. The standard InChI is InChI=1S/C17H23F3N2O2/c1-12(10-13-2-4-14(5-3-13)17(18,19)20)22-15(23)16(11-21)6-8-24-9-7-16/h2-5,12H,6-11,21H2,1H3,(H,22,23). The summed E-state index contributed by atoms with van der Waals surface area (Å²) in [6, 6.07) is 4.81. The molecule has 2 rings (SSSR count). The van der Waals surface area contributed by atoms with Gasteiger partial charge in [-0.25, -0.2) is 0 Å². The zero-order chi connectivity index (χ0) is 17.8. The number of carbonyl (C=O) groups excluding carboxylic acids is 1. The van der Waals surface area contributed by atoms with Crippen LogP contribution in [0.4, 0.5) is 13.2 Å². The molecule has 0 bridgehead atoms. The number of amides is 1. The molecule has 3 N–H and O–H groups in total. The number of alkyl halides is 3. The highest BCUT2D eigenvalue weighted by molar-refractivity contribution is 5.83. The molecule has 1 heterocycles. The maximum Gasteiger partial charge on any atom is 0.416 e. The van der Waals surface area contributed by atoms with Crippen LogP contribution in [0.2, 0.25) is 0 Å². The molecule has 1 unspecified atom stereocenters. The first-order valence-corrected chi connectivity index (χ1v) is 8.02. The van der Waals surface area contributed by atoms with Crippen LogP contribution < -0.4 is 11.1 Å². The van der Waals surface area contributed by atoms with Crippen molar-refractivity contribution in [3.05, 3.63) is 35.4 Å². The van der Waals surface area contributed by atoms with Gasteiger partial charge in [0.05, 0.1) is 11.0 Å². The zero-order valence-corrected chi connectivity index (χ0v) is 13.7. The van der Waals surface area contributed by atoms with Crippen molar-refractivity contribution < 1.29 is 22.7 Å². The predicted molar refractivity (Wildman–Crippen MR) is 84.3 cm³/mol. The summed E-state index contributed by atoms with van der Waals surface area (Å²) in [7, 11) is 0. The lowest BCUT2D eigenvalue weighted by molar-refractivity contribution is -0.137.